The summed E-state index contributed by atoms with van der Waals surface area (Å²) in [6.07, 6.45) is 4.98. The number of thiol groups is 1. The molecule has 3 rings (SSSR count). The van der Waals surface area contributed by atoms with E-state index < -0.39 is 6.04 Å². The molecular weight excluding hydrogens is 352 g/mol. The summed E-state index contributed by atoms with van der Waals surface area (Å²) in [6, 6.07) is 5.32. The lowest BCUT2D eigenvalue weighted by Crippen LogP contribution is -2.49. The van der Waals surface area contributed by atoms with Gasteiger partial charge in [-0.15, -0.1) is 12.6 Å². The molecule has 0 aromatic heterocycles. The first-order chi connectivity index (χ1) is 12.6. The maximum atomic E-state index is 12.4. The number of morpholine rings is 1. The Balaban J connectivity index is 1.84. The fourth-order valence-corrected chi connectivity index (χ4v) is 3.76. The van der Waals surface area contributed by atoms with Gasteiger partial charge in [0.25, 0.3) is 0 Å². The van der Waals surface area contributed by atoms with E-state index in [0.717, 1.165) is 16.9 Å². The molecule has 1 aromatic carbocycles. The Labute approximate surface area is 158 Å². The summed E-state index contributed by atoms with van der Waals surface area (Å²) in [5, 5.41) is 2.42. The van der Waals surface area contributed by atoms with Crippen LogP contribution in [0.5, 0.6) is 5.75 Å². The Morgan fingerprint density at radius 2 is 2.27 bits per heavy atom. The number of benzene rings is 1. The number of amides is 1. The molecule has 1 N–H and O–H groups in total. The summed E-state index contributed by atoms with van der Waals surface area (Å²) in [4.78, 5) is 26.1. The van der Waals surface area contributed by atoms with Crippen molar-refractivity contribution < 1.29 is 19.1 Å². The van der Waals surface area contributed by atoms with Crippen LogP contribution in [-0.4, -0.2) is 55.4 Å². The molecule has 1 saturated heterocycles. The van der Waals surface area contributed by atoms with E-state index in [0.29, 0.717) is 39.2 Å². The highest BCUT2D eigenvalue weighted by Crippen LogP contribution is 2.33. The van der Waals surface area contributed by atoms with Gasteiger partial charge in [-0.1, -0.05) is 12.1 Å². The number of hydrogen-bond acceptors (Lipinski definition) is 5. The van der Waals surface area contributed by atoms with Crippen molar-refractivity contribution in [2.45, 2.75) is 24.9 Å². The van der Waals surface area contributed by atoms with Gasteiger partial charge in [-0.2, -0.15) is 0 Å². The molecule has 6 nitrogen and oxygen atoms in total. The molecular formula is C19H24N2O4S. The fourth-order valence-electron chi connectivity index (χ4n) is 3.47. The molecule has 1 amide bonds. The van der Waals surface area contributed by atoms with E-state index in [2.05, 4.69) is 22.8 Å². The number of nitrogens with zero attached hydrogens (tertiary/aromatic N) is 1. The standard InChI is InChI=1S/C19H24N2O4S/c1-20-17(22)7-5-15-12-24-10-8-21(15)18(19(23)26)14-4-6-16-13(11-14)3-2-9-25-16/h2-4,6,11,15,18H,5,7-10,12H2,1H3,(H,20,22)(H,23,26). The van der Waals surface area contributed by atoms with Crippen LogP contribution in [0.3, 0.4) is 0 Å². The molecule has 0 radical (unpaired) electrons. The minimum atomic E-state index is -0.474. The van der Waals surface area contributed by atoms with Gasteiger partial charge in [-0.25, -0.2) is 0 Å². The Kier molecular flexibility index (Phi) is 6.34. The summed E-state index contributed by atoms with van der Waals surface area (Å²) in [5.41, 5.74) is 1.84. The largest absolute Gasteiger partial charge is 0.489 e. The molecule has 2 unspecified atom stereocenters. The van der Waals surface area contributed by atoms with Crippen LogP contribution in [0.15, 0.2) is 24.3 Å². The number of hydrogen-bond donors (Lipinski definition) is 2. The van der Waals surface area contributed by atoms with E-state index in [4.69, 9.17) is 9.47 Å². The zero-order valence-corrected chi connectivity index (χ0v) is 15.7. The SMILES string of the molecule is CNC(=O)CCC1COCCN1C(C(=O)S)c1ccc2c(c1)C=CCO2. The third kappa shape index (κ3) is 4.28. The first-order valence-electron chi connectivity index (χ1n) is 8.80. The monoisotopic (exact) mass is 376 g/mol. The summed E-state index contributed by atoms with van der Waals surface area (Å²) in [6.45, 7) is 2.25. The van der Waals surface area contributed by atoms with Gasteiger partial charge in [0.2, 0.25) is 11.0 Å². The highest BCUT2D eigenvalue weighted by Gasteiger charge is 2.34. The topological polar surface area (TPSA) is 67.9 Å². The van der Waals surface area contributed by atoms with Crippen LogP contribution in [-0.2, 0) is 14.3 Å². The van der Waals surface area contributed by atoms with Crippen LogP contribution in [0.2, 0.25) is 0 Å². The molecule has 0 saturated carbocycles. The minimum absolute atomic E-state index is 0.00928. The maximum absolute atomic E-state index is 12.4. The van der Waals surface area contributed by atoms with E-state index in [9.17, 15) is 9.59 Å². The van der Waals surface area contributed by atoms with Crippen LogP contribution in [0, 0.1) is 0 Å². The van der Waals surface area contributed by atoms with E-state index in [-0.39, 0.29) is 17.1 Å². The van der Waals surface area contributed by atoms with Gasteiger partial charge in [0.05, 0.1) is 13.2 Å². The van der Waals surface area contributed by atoms with Crippen LogP contribution in [0.25, 0.3) is 6.08 Å². The van der Waals surface area contributed by atoms with Crippen molar-refractivity contribution in [3.8, 4) is 5.75 Å². The average Bonchev–Trinajstić information content (AvgIpc) is 2.66. The second-order valence-electron chi connectivity index (χ2n) is 6.43. The van der Waals surface area contributed by atoms with Crippen molar-refractivity contribution in [1.82, 2.24) is 10.2 Å². The zero-order valence-electron chi connectivity index (χ0n) is 14.8. The van der Waals surface area contributed by atoms with Crippen molar-refractivity contribution in [1.29, 1.82) is 0 Å². The number of carbonyl (C=O) groups excluding carboxylic acids is 2. The van der Waals surface area contributed by atoms with E-state index in [1.807, 2.05) is 30.4 Å². The molecule has 140 valence electrons. The number of fused-ring (bicyclic) bond motifs is 1. The van der Waals surface area contributed by atoms with Crippen molar-refractivity contribution in [2.24, 2.45) is 0 Å². The third-order valence-electron chi connectivity index (χ3n) is 4.80. The third-order valence-corrected chi connectivity index (χ3v) is 5.05. The molecule has 0 bridgehead atoms. The Hall–Kier alpha value is -1.83. The highest BCUT2D eigenvalue weighted by molar-refractivity contribution is 7.96. The normalized spacial score (nSPS) is 20.8. The van der Waals surface area contributed by atoms with Crippen molar-refractivity contribution >= 4 is 29.7 Å². The van der Waals surface area contributed by atoms with Gasteiger partial charge >= 0.3 is 0 Å². The van der Waals surface area contributed by atoms with Crippen LogP contribution < -0.4 is 10.1 Å². The first kappa shape index (κ1) is 18.9. The molecule has 0 spiro atoms. The highest BCUT2D eigenvalue weighted by atomic mass is 32.1. The van der Waals surface area contributed by atoms with Gasteiger partial charge in [0.15, 0.2) is 0 Å². The van der Waals surface area contributed by atoms with Crippen molar-refractivity contribution in [3.63, 3.8) is 0 Å². The maximum Gasteiger partial charge on any atom is 0.219 e. The molecule has 1 aromatic rings. The predicted octanol–water partition coefficient (Wildman–Crippen LogP) is 1.82. The van der Waals surface area contributed by atoms with Crippen LogP contribution in [0.4, 0.5) is 0 Å². The van der Waals surface area contributed by atoms with Crippen molar-refractivity contribution in [2.75, 3.05) is 33.4 Å². The molecule has 26 heavy (non-hydrogen) atoms. The molecule has 7 heteroatoms. The number of nitrogens with one attached hydrogen (secondary N) is 1. The first-order valence-corrected chi connectivity index (χ1v) is 9.25. The van der Waals surface area contributed by atoms with Gasteiger partial charge in [0.1, 0.15) is 18.4 Å². The average molecular weight is 376 g/mol. The van der Waals surface area contributed by atoms with Crippen LogP contribution in [0.1, 0.15) is 30.0 Å². The summed E-state index contributed by atoms with van der Waals surface area (Å²) < 4.78 is 11.2. The second kappa shape index (κ2) is 8.70. The minimum Gasteiger partial charge on any atom is -0.489 e. The van der Waals surface area contributed by atoms with Gasteiger partial charge in [-0.05, 0) is 30.2 Å². The molecule has 2 atom stereocenters. The quantitative estimate of drug-likeness (QED) is 0.742. The summed E-state index contributed by atoms with van der Waals surface area (Å²) in [5.74, 6) is 0.806. The van der Waals surface area contributed by atoms with Crippen molar-refractivity contribution in [3.05, 3.63) is 35.4 Å². The lowest BCUT2D eigenvalue weighted by molar-refractivity contribution is -0.122. The second-order valence-corrected chi connectivity index (χ2v) is 6.87. The predicted molar refractivity (Wildman–Crippen MR) is 102 cm³/mol. The summed E-state index contributed by atoms with van der Waals surface area (Å²) in [7, 11) is 1.63. The smallest absolute Gasteiger partial charge is 0.219 e. The number of carbonyl (C=O) groups is 2. The molecule has 2 aliphatic heterocycles. The lowest BCUT2D eigenvalue weighted by atomic mass is 9.98. The lowest BCUT2D eigenvalue weighted by Gasteiger charge is -2.40. The van der Waals surface area contributed by atoms with E-state index in [1.54, 1.807) is 7.05 Å². The molecule has 0 aliphatic carbocycles. The van der Waals surface area contributed by atoms with Gasteiger partial charge < -0.3 is 14.8 Å². The Morgan fingerprint density at radius 3 is 3.04 bits per heavy atom. The Morgan fingerprint density at radius 1 is 1.42 bits per heavy atom. The van der Waals surface area contributed by atoms with Gasteiger partial charge in [-0.3, -0.25) is 14.5 Å². The number of rotatable bonds is 6. The molecule has 1 fully saturated rings. The molecule has 2 heterocycles. The van der Waals surface area contributed by atoms with E-state index in [1.165, 1.54) is 0 Å². The zero-order chi connectivity index (χ0) is 18.5. The van der Waals surface area contributed by atoms with Gasteiger partial charge in [0, 0.05) is 31.6 Å². The van der Waals surface area contributed by atoms with Crippen LogP contribution >= 0.6 is 12.6 Å². The number of ether oxygens (including phenoxy) is 2. The Bertz CT molecular complexity index is 707. The summed E-state index contributed by atoms with van der Waals surface area (Å²) >= 11 is 4.16. The van der Waals surface area contributed by atoms with E-state index >= 15 is 0 Å². The fraction of sp³-hybridized carbons (Fsp3) is 0.474. The molecule has 2 aliphatic rings.